The first-order chi connectivity index (χ1) is 17.7. The van der Waals surface area contributed by atoms with Crippen LogP contribution < -0.4 is 16.4 Å². The van der Waals surface area contributed by atoms with Gasteiger partial charge in [0.05, 0.1) is 17.8 Å². The van der Waals surface area contributed by atoms with Gasteiger partial charge in [-0.3, -0.25) is 5.32 Å². The van der Waals surface area contributed by atoms with Crippen LogP contribution in [0, 0.1) is 0 Å². The number of hydrogen-bond acceptors (Lipinski definition) is 4. The molecule has 0 aliphatic carbocycles. The summed E-state index contributed by atoms with van der Waals surface area (Å²) < 4.78 is 39.1. The molecule has 0 radical (unpaired) electrons. The van der Waals surface area contributed by atoms with Crippen LogP contribution in [0.1, 0.15) is 18.1 Å². The monoisotopic (exact) mass is 507 g/mol. The molecule has 4 aromatic rings. The summed E-state index contributed by atoms with van der Waals surface area (Å²) in [5.41, 5.74) is 9.54. The van der Waals surface area contributed by atoms with Crippen molar-refractivity contribution >= 4 is 23.4 Å². The third kappa shape index (κ3) is 6.94. The predicted octanol–water partition coefficient (Wildman–Crippen LogP) is 5.37. The number of nitrogens with two attached hydrogens (primary N) is 1. The Morgan fingerprint density at radius 3 is 2.41 bits per heavy atom. The van der Waals surface area contributed by atoms with E-state index in [1.807, 2.05) is 31.2 Å². The normalized spacial score (nSPS) is 11.8. The molecule has 0 fully saturated rings. The van der Waals surface area contributed by atoms with Crippen LogP contribution in [0.25, 0.3) is 17.1 Å². The first-order valence-electron chi connectivity index (χ1n) is 11.4. The van der Waals surface area contributed by atoms with Gasteiger partial charge in [-0.15, -0.1) is 5.10 Å². The van der Waals surface area contributed by atoms with Crippen LogP contribution in [0.15, 0.2) is 84.1 Å². The van der Waals surface area contributed by atoms with Gasteiger partial charge in [0, 0.05) is 11.3 Å². The average Bonchev–Trinajstić information content (AvgIpc) is 3.34. The van der Waals surface area contributed by atoms with Crippen molar-refractivity contribution in [2.45, 2.75) is 25.9 Å². The molecular weight excluding hydrogens is 483 g/mol. The third-order valence-electron chi connectivity index (χ3n) is 5.35. The maximum absolute atomic E-state index is 12.6. The zero-order chi connectivity index (χ0) is 26.4. The third-order valence-corrected chi connectivity index (χ3v) is 5.35. The smallest absolute Gasteiger partial charge is 0.369 e. The SMILES string of the molecule is CCc1ccccc1N=C(N)NC(=O)Nc1ccc(-c2ncn(-c3ccc(CC(F)(F)F)cc3)n2)cc1. The molecule has 0 aliphatic rings. The van der Waals surface area contributed by atoms with E-state index in [1.54, 1.807) is 36.4 Å². The number of nitrogens with one attached hydrogen (secondary N) is 2. The molecule has 190 valence electrons. The Bertz CT molecular complexity index is 1390. The van der Waals surface area contributed by atoms with E-state index in [2.05, 4.69) is 25.7 Å². The first-order valence-corrected chi connectivity index (χ1v) is 11.4. The molecule has 2 amide bonds. The highest BCUT2D eigenvalue weighted by Crippen LogP contribution is 2.23. The van der Waals surface area contributed by atoms with E-state index in [4.69, 9.17) is 5.73 Å². The largest absolute Gasteiger partial charge is 0.393 e. The quantitative estimate of drug-likeness (QED) is 0.241. The number of alkyl halides is 3. The number of urea groups is 1. The van der Waals surface area contributed by atoms with Crippen LogP contribution in [0.4, 0.5) is 29.3 Å². The van der Waals surface area contributed by atoms with Crippen LogP contribution >= 0.6 is 0 Å². The second-order valence-electron chi connectivity index (χ2n) is 8.11. The van der Waals surface area contributed by atoms with E-state index in [1.165, 1.54) is 23.1 Å². The topological polar surface area (TPSA) is 110 Å². The van der Waals surface area contributed by atoms with E-state index in [0.717, 1.165) is 12.0 Å². The van der Waals surface area contributed by atoms with Crippen molar-refractivity contribution in [3.05, 3.63) is 90.3 Å². The van der Waals surface area contributed by atoms with Gasteiger partial charge in [0.25, 0.3) is 0 Å². The molecule has 3 aromatic carbocycles. The lowest BCUT2D eigenvalue weighted by Crippen LogP contribution is -2.39. The summed E-state index contributed by atoms with van der Waals surface area (Å²) in [5.74, 6) is 0.387. The summed E-state index contributed by atoms with van der Waals surface area (Å²) in [7, 11) is 0. The number of halogens is 3. The summed E-state index contributed by atoms with van der Waals surface area (Å²) in [6.45, 7) is 2.01. The van der Waals surface area contributed by atoms with Gasteiger partial charge in [-0.1, -0.05) is 37.3 Å². The minimum atomic E-state index is -4.26. The van der Waals surface area contributed by atoms with E-state index in [9.17, 15) is 18.0 Å². The number of rotatable bonds is 6. The van der Waals surface area contributed by atoms with Gasteiger partial charge >= 0.3 is 12.2 Å². The first kappa shape index (κ1) is 25.4. The molecule has 0 spiro atoms. The number of aryl methyl sites for hydroxylation is 1. The van der Waals surface area contributed by atoms with Crippen LogP contribution in [-0.2, 0) is 12.8 Å². The molecule has 4 N–H and O–H groups in total. The molecule has 0 saturated carbocycles. The van der Waals surface area contributed by atoms with Crippen LogP contribution in [0.3, 0.4) is 0 Å². The number of hydrogen-bond donors (Lipinski definition) is 3. The maximum atomic E-state index is 12.6. The fourth-order valence-electron chi connectivity index (χ4n) is 3.58. The van der Waals surface area contributed by atoms with Crippen molar-refractivity contribution in [1.82, 2.24) is 20.1 Å². The summed E-state index contributed by atoms with van der Waals surface area (Å²) in [6.07, 6.45) is -2.98. The van der Waals surface area contributed by atoms with Gasteiger partial charge in [-0.25, -0.2) is 19.5 Å². The van der Waals surface area contributed by atoms with Gasteiger partial charge < -0.3 is 11.1 Å². The number of carbonyl (C=O) groups is 1. The highest BCUT2D eigenvalue weighted by molar-refractivity contribution is 6.02. The number of carbonyl (C=O) groups excluding carboxylic acids is 1. The van der Waals surface area contributed by atoms with E-state index < -0.39 is 18.6 Å². The number of aromatic nitrogens is 3. The highest BCUT2D eigenvalue weighted by atomic mass is 19.4. The van der Waals surface area contributed by atoms with Crippen molar-refractivity contribution in [3.63, 3.8) is 0 Å². The Morgan fingerprint density at radius 2 is 1.73 bits per heavy atom. The van der Waals surface area contributed by atoms with Gasteiger partial charge in [-0.2, -0.15) is 13.2 Å². The average molecular weight is 508 g/mol. The number of amides is 2. The van der Waals surface area contributed by atoms with Crippen LogP contribution in [0.5, 0.6) is 0 Å². The van der Waals surface area contributed by atoms with Crippen molar-refractivity contribution in [2.24, 2.45) is 10.7 Å². The molecule has 0 aliphatic heterocycles. The molecule has 1 aromatic heterocycles. The fourth-order valence-corrected chi connectivity index (χ4v) is 3.58. The predicted molar refractivity (Wildman–Crippen MR) is 136 cm³/mol. The zero-order valence-corrected chi connectivity index (χ0v) is 19.8. The molecule has 8 nitrogen and oxygen atoms in total. The van der Waals surface area contributed by atoms with Crippen LogP contribution in [0.2, 0.25) is 0 Å². The lowest BCUT2D eigenvalue weighted by Gasteiger charge is -2.08. The van der Waals surface area contributed by atoms with Crippen LogP contribution in [-0.4, -0.2) is 32.9 Å². The minimum Gasteiger partial charge on any atom is -0.369 e. The van der Waals surface area contributed by atoms with Crippen molar-refractivity contribution in [2.75, 3.05) is 5.32 Å². The molecule has 1 heterocycles. The van der Waals surface area contributed by atoms with Gasteiger partial charge in [-0.05, 0) is 60.0 Å². The number of nitrogens with zero attached hydrogens (tertiary/aromatic N) is 4. The molecule has 0 atom stereocenters. The second-order valence-corrected chi connectivity index (χ2v) is 8.11. The Balaban J connectivity index is 1.37. The standard InChI is InChI=1S/C26H24F3N7O/c1-2-18-5-3-4-6-22(18)33-24(30)34-25(37)32-20-11-9-19(10-12-20)23-31-16-36(35-23)21-13-7-17(8-14-21)15-26(27,28)29/h3-14,16H,2,15H2,1H3,(H4,30,32,33,34,37). The highest BCUT2D eigenvalue weighted by Gasteiger charge is 2.27. The lowest BCUT2D eigenvalue weighted by molar-refractivity contribution is -0.127. The van der Waals surface area contributed by atoms with Crippen molar-refractivity contribution < 1.29 is 18.0 Å². The van der Waals surface area contributed by atoms with Crippen molar-refractivity contribution in [1.29, 1.82) is 0 Å². The summed E-state index contributed by atoms with van der Waals surface area (Å²) >= 11 is 0. The van der Waals surface area contributed by atoms with E-state index in [-0.39, 0.29) is 11.5 Å². The maximum Gasteiger partial charge on any atom is 0.393 e. The Hall–Kier alpha value is -4.67. The summed E-state index contributed by atoms with van der Waals surface area (Å²) in [6, 6.07) is 19.8. The summed E-state index contributed by atoms with van der Waals surface area (Å²) in [5, 5.41) is 9.57. The van der Waals surface area contributed by atoms with Gasteiger partial charge in [0.15, 0.2) is 5.82 Å². The molecule has 0 bridgehead atoms. The number of anilines is 1. The Kier molecular flexibility index (Phi) is 7.52. The molecule has 0 unspecified atom stereocenters. The minimum absolute atomic E-state index is 0.0313. The number of aliphatic imine (C=N–C) groups is 1. The van der Waals surface area contributed by atoms with Gasteiger partial charge in [0.2, 0.25) is 5.96 Å². The number of para-hydroxylation sites is 1. The molecule has 37 heavy (non-hydrogen) atoms. The number of guanidine groups is 1. The van der Waals surface area contributed by atoms with E-state index in [0.29, 0.717) is 28.5 Å². The lowest BCUT2D eigenvalue weighted by atomic mass is 10.1. The molecule has 0 saturated heterocycles. The second kappa shape index (κ2) is 10.9. The Labute approximate surface area is 211 Å². The van der Waals surface area contributed by atoms with E-state index >= 15 is 0 Å². The molecule has 11 heteroatoms. The Morgan fingerprint density at radius 1 is 1.03 bits per heavy atom. The van der Waals surface area contributed by atoms with Gasteiger partial charge in [0.1, 0.15) is 6.33 Å². The fraction of sp³-hybridized carbons (Fsp3) is 0.154. The summed E-state index contributed by atoms with van der Waals surface area (Å²) in [4.78, 5) is 20.8. The van der Waals surface area contributed by atoms with Crippen molar-refractivity contribution in [3.8, 4) is 17.1 Å². The molecule has 4 rings (SSSR count). The molecular formula is C26H24F3N7O. The zero-order valence-electron chi connectivity index (χ0n) is 19.8. The number of benzene rings is 3.